The summed E-state index contributed by atoms with van der Waals surface area (Å²) in [6, 6.07) is 6.12. The van der Waals surface area contributed by atoms with Crippen LogP contribution in [0.5, 0.6) is 0 Å². The van der Waals surface area contributed by atoms with Crippen LogP contribution in [0.15, 0.2) is 24.3 Å². The molecular weight excluding hydrogens is 235 g/mol. The highest BCUT2D eigenvalue weighted by atomic mass is 19.1. The number of carbonyl (C=O) groups is 1. The molecule has 1 aromatic rings. The van der Waals surface area contributed by atoms with Crippen LogP contribution in [0.4, 0.5) is 4.39 Å². The molecule has 0 radical (unpaired) electrons. The SMILES string of the molecule is CCC(OC)C(Cc1ccc(F)cc1)C(=O)OC. The van der Waals surface area contributed by atoms with Gasteiger partial charge in [-0.15, -0.1) is 0 Å². The maximum Gasteiger partial charge on any atom is 0.311 e. The second-order valence-corrected chi connectivity index (χ2v) is 4.14. The molecule has 3 nitrogen and oxygen atoms in total. The van der Waals surface area contributed by atoms with Gasteiger partial charge in [0.1, 0.15) is 5.82 Å². The average molecular weight is 254 g/mol. The van der Waals surface area contributed by atoms with Crippen LogP contribution in [0.3, 0.4) is 0 Å². The highest BCUT2D eigenvalue weighted by Crippen LogP contribution is 2.19. The monoisotopic (exact) mass is 254 g/mol. The second kappa shape index (κ2) is 7.11. The summed E-state index contributed by atoms with van der Waals surface area (Å²) in [6.07, 6.45) is 1.01. The van der Waals surface area contributed by atoms with E-state index in [1.165, 1.54) is 19.2 Å². The van der Waals surface area contributed by atoms with E-state index in [1.807, 2.05) is 6.92 Å². The molecule has 0 N–H and O–H groups in total. The molecule has 0 aliphatic heterocycles. The maximum absolute atomic E-state index is 12.8. The van der Waals surface area contributed by atoms with Crippen molar-refractivity contribution < 1.29 is 18.7 Å². The Labute approximate surface area is 107 Å². The molecule has 2 atom stereocenters. The largest absolute Gasteiger partial charge is 0.469 e. The molecule has 0 bridgehead atoms. The summed E-state index contributed by atoms with van der Waals surface area (Å²) in [5.74, 6) is -0.948. The van der Waals surface area contributed by atoms with Gasteiger partial charge in [-0.2, -0.15) is 0 Å². The lowest BCUT2D eigenvalue weighted by molar-refractivity contribution is -0.150. The van der Waals surface area contributed by atoms with E-state index in [4.69, 9.17) is 9.47 Å². The molecule has 1 aromatic carbocycles. The van der Waals surface area contributed by atoms with Crippen molar-refractivity contribution >= 4 is 5.97 Å². The predicted molar refractivity (Wildman–Crippen MR) is 66.7 cm³/mol. The van der Waals surface area contributed by atoms with Crippen LogP contribution >= 0.6 is 0 Å². The molecule has 0 amide bonds. The highest BCUT2D eigenvalue weighted by Gasteiger charge is 2.28. The summed E-state index contributed by atoms with van der Waals surface area (Å²) >= 11 is 0. The topological polar surface area (TPSA) is 35.5 Å². The van der Waals surface area contributed by atoms with Crippen molar-refractivity contribution in [3.8, 4) is 0 Å². The number of benzene rings is 1. The summed E-state index contributed by atoms with van der Waals surface area (Å²) in [7, 11) is 2.94. The number of esters is 1. The number of rotatable bonds is 6. The predicted octanol–water partition coefficient (Wildman–Crippen LogP) is 2.58. The van der Waals surface area contributed by atoms with E-state index in [1.54, 1.807) is 19.2 Å². The summed E-state index contributed by atoms with van der Waals surface area (Å²) in [5, 5.41) is 0. The minimum absolute atomic E-state index is 0.192. The molecule has 18 heavy (non-hydrogen) atoms. The lowest BCUT2D eigenvalue weighted by atomic mass is 9.92. The Hall–Kier alpha value is -1.42. The number of methoxy groups -OCH3 is 2. The number of hydrogen-bond donors (Lipinski definition) is 0. The van der Waals surface area contributed by atoms with Crippen LogP contribution in [0.2, 0.25) is 0 Å². The van der Waals surface area contributed by atoms with E-state index in [2.05, 4.69) is 0 Å². The van der Waals surface area contributed by atoms with Gasteiger partial charge in [-0.25, -0.2) is 4.39 Å². The molecule has 0 aliphatic carbocycles. The van der Waals surface area contributed by atoms with Crippen LogP contribution < -0.4 is 0 Å². The average Bonchev–Trinajstić information content (AvgIpc) is 2.40. The van der Waals surface area contributed by atoms with Gasteiger partial charge in [0, 0.05) is 7.11 Å². The Morgan fingerprint density at radius 3 is 2.33 bits per heavy atom. The van der Waals surface area contributed by atoms with Crippen LogP contribution in [0, 0.1) is 11.7 Å². The first-order valence-electron chi connectivity index (χ1n) is 5.97. The molecule has 4 heteroatoms. The van der Waals surface area contributed by atoms with Crippen molar-refractivity contribution in [2.75, 3.05) is 14.2 Å². The summed E-state index contributed by atoms with van der Waals surface area (Å²) in [5.41, 5.74) is 0.891. The molecule has 2 unspecified atom stereocenters. The van der Waals surface area contributed by atoms with Crippen LogP contribution in [0.1, 0.15) is 18.9 Å². The first kappa shape index (κ1) is 14.6. The van der Waals surface area contributed by atoms with Gasteiger partial charge in [-0.1, -0.05) is 19.1 Å². The Bertz CT molecular complexity index is 371. The molecule has 0 saturated carbocycles. The molecule has 1 rings (SSSR count). The zero-order valence-corrected chi connectivity index (χ0v) is 11.0. The highest BCUT2D eigenvalue weighted by molar-refractivity contribution is 5.73. The normalized spacial score (nSPS) is 14.0. The minimum atomic E-state index is -0.365. The zero-order valence-electron chi connectivity index (χ0n) is 11.0. The van der Waals surface area contributed by atoms with Crippen molar-refractivity contribution in [1.29, 1.82) is 0 Å². The summed E-state index contributed by atoms with van der Waals surface area (Å²) in [4.78, 5) is 11.8. The lowest BCUT2D eigenvalue weighted by Crippen LogP contribution is -2.32. The fraction of sp³-hybridized carbons (Fsp3) is 0.500. The first-order valence-corrected chi connectivity index (χ1v) is 5.97. The van der Waals surface area contributed by atoms with Crippen LogP contribution in [-0.4, -0.2) is 26.3 Å². The van der Waals surface area contributed by atoms with Gasteiger partial charge in [-0.05, 0) is 30.5 Å². The van der Waals surface area contributed by atoms with Crippen molar-refractivity contribution in [1.82, 2.24) is 0 Å². The van der Waals surface area contributed by atoms with Gasteiger partial charge in [0.15, 0.2) is 0 Å². The standard InChI is InChI=1S/C14H19FO3/c1-4-13(17-2)12(14(16)18-3)9-10-5-7-11(15)8-6-10/h5-8,12-13H,4,9H2,1-3H3. The van der Waals surface area contributed by atoms with E-state index in [0.717, 1.165) is 12.0 Å². The van der Waals surface area contributed by atoms with Crippen molar-refractivity contribution in [3.05, 3.63) is 35.6 Å². The Kier molecular flexibility index (Phi) is 5.78. The smallest absolute Gasteiger partial charge is 0.311 e. The molecule has 0 heterocycles. The van der Waals surface area contributed by atoms with Gasteiger partial charge in [-0.3, -0.25) is 4.79 Å². The number of carbonyl (C=O) groups excluding carboxylic acids is 1. The van der Waals surface area contributed by atoms with Gasteiger partial charge in [0.2, 0.25) is 0 Å². The van der Waals surface area contributed by atoms with Crippen LogP contribution in [-0.2, 0) is 20.7 Å². The summed E-state index contributed by atoms with van der Waals surface area (Å²) < 4.78 is 22.9. The second-order valence-electron chi connectivity index (χ2n) is 4.14. The van der Waals surface area contributed by atoms with Gasteiger partial charge in [0.25, 0.3) is 0 Å². The van der Waals surface area contributed by atoms with Gasteiger partial charge >= 0.3 is 5.97 Å². The number of hydrogen-bond acceptors (Lipinski definition) is 3. The van der Waals surface area contributed by atoms with E-state index in [9.17, 15) is 9.18 Å². The Balaban J connectivity index is 2.84. The maximum atomic E-state index is 12.8. The molecule has 0 spiro atoms. The van der Waals surface area contributed by atoms with E-state index in [0.29, 0.717) is 6.42 Å². The fourth-order valence-electron chi connectivity index (χ4n) is 2.01. The Morgan fingerprint density at radius 1 is 1.28 bits per heavy atom. The van der Waals surface area contributed by atoms with Gasteiger partial charge < -0.3 is 9.47 Å². The molecule has 0 fully saturated rings. The number of ether oxygens (including phenoxy) is 2. The van der Waals surface area contributed by atoms with Gasteiger partial charge in [0.05, 0.1) is 19.1 Å². The number of halogens is 1. The zero-order chi connectivity index (χ0) is 13.5. The first-order chi connectivity index (χ1) is 8.62. The molecule has 0 saturated heterocycles. The minimum Gasteiger partial charge on any atom is -0.469 e. The van der Waals surface area contributed by atoms with Crippen molar-refractivity contribution in [2.45, 2.75) is 25.9 Å². The summed E-state index contributed by atoms with van der Waals surface area (Å²) in [6.45, 7) is 1.95. The fourth-order valence-corrected chi connectivity index (χ4v) is 2.01. The lowest BCUT2D eigenvalue weighted by Gasteiger charge is -2.22. The molecule has 100 valence electrons. The molecule has 0 aliphatic rings. The third kappa shape index (κ3) is 3.81. The van der Waals surface area contributed by atoms with E-state index >= 15 is 0 Å². The molecular formula is C14H19FO3. The van der Waals surface area contributed by atoms with E-state index < -0.39 is 0 Å². The molecule has 0 aromatic heterocycles. The Morgan fingerprint density at radius 2 is 1.89 bits per heavy atom. The third-order valence-electron chi connectivity index (χ3n) is 3.03. The van der Waals surface area contributed by atoms with E-state index in [-0.39, 0.29) is 23.8 Å². The van der Waals surface area contributed by atoms with Crippen molar-refractivity contribution in [3.63, 3.8) is 0 Å². The third-order valence-corrected chi connectivity index (χ3v) is 3.03. The quantitative estimate of drug-likeness (QED) is 0.732. The van der Waals surface area contributed by atoms with Crippen molar-refractivity contribution in [2.24, 2.45) is 5.92 Å². The van der Waals surface area contributed by atoms with Crippen LogP contribution in [0.25, 0.3) is 0 Å².